The quantitative estimate of drug-likeness (QED) is 0.416. The second kappa shape index (κ2) is 2.22. The molecule has 0 radical (unpaired) electrons. The normalized spacial score (nSPS) is 16.8. The molecule has 0 aromatic heterocycles. The number of nitrogens with two attached hydrogens (primary N) is 2. The summed E-state index contributed by atoms with van der Waals surface area (Å²) >= 11 is 0. The minimum Gasteiger partial charge on any atom is -0.399 e. The lowest BCUT2D eigenvalue weighted by atomic mass is 10.1. The van der Waals surface area contributed by atoms with Crippen LogP contribution in [-0.4, -0.2) is 5.01 Å². The van der Waals surface area contributed by atoms with Crippen LogP contribution in [0.25, 0.3) is 0 Å². The van der Waals surface area contributed by atoms with Gasteiger partial charge in [0.05, 0.1) is 0 Å². The van der Waals surface area contributed by atoms with Crippen molar-refractivity contribution in [2.75, 3.05) is 5.73 Å². The van der Waals surface area contributed by atoms with Crippen molar-refractivity contribution in [2.24, 2.45) is 5.84 Å². The Morgan fingerprint density at radius 1 is 1.18 bits per heavy atom. The molecule has 1 aromatic carbocycles. The summed E-state index contributed by atoms with van der Waals surface area (Å²) in [7, 11) is 0. The van der Waals surface area contributed by atoms with Crippen molar-refractivity contribution in [2.45, 2.75) is 13.1 Å². The van der Waals surface area contributed by atoms with E-state index in [-0.39, 0.29) is 0 Å². The number of hydrazine groups is 1. The third-order valence-electron chi connectivity index (χ3n) is 1.98. The molecule has 0 amide bonds. The molecule has 1 aliphatic rings. The number of fused-ring (bicyclic) bond motifs is 1. The van der Waals surface area contributed by atoms with Crippen LogP contribution < -0.4 is 11.6 Å². The molecule has 0 bridgehead atoms. The molecule has 4 N–H and O–H groups in total. The van der Waals surface area contributed by atoms with Gasteiger partial charge in [-0.25, -0.2) is 5.01 Å². The maximum absolute atomic E-state index is 5.63. The first-order valence-electron chi connectivity index (χ1n) is 3.62. The number of benzene rings is 1. The zero-order chi connectivity index (χ0) is 7.84. The van der Waals surface area contributed by atoms with E-state index in [2.05, 4.69) is 0 Å². The fraction of sp³-hybridized carbons (Fsp3) is 0.250. The van der Waals surface area contributed by atoms with Crippen LogP contribution in [0.4, 0.5) is 5.69 Å². The molecule has 0 unspecified atom stereocenters. The predicted molar refractivity (Wildman–Crippen MR) is 44.3 cm³/mol. The van der Waals surface area contributed by atoms with Crippen LogP contribution in [0.5, 0.6) is 0 Å². The molecule has 0 fully saturated rings. The van der Waals surface area contributed by atoms with Crippen LogP contribution in [0.15, 0.2) is 18.2 Å². The van der Waals surface area contributed by atoms with Crippen LogP contribution in [0.1, 0.15) is 11.1 Å². The van der Waals surface area contributed by atoms with Gasteiger partial charge in [0, 0.05) is 18.8 Å². The highest BCUT2D eigenvalue weighted by atomic mass is 15.4. The van der Waals surface area contributed by atoms with Crippen LogP contribution in [-0.2, 0) is 13.1 Å². The molecule has 0 saturated heterocycles. The van der Waals surface area contributed by atoms with Crippen LogP contribution in [0.3, 0.4) is 0 Å². The number of nitrogens with zero attached hydrogens (tertiary/aromatic N) is 1. The molecule has 1 aromatic rings. The predicted octanol–water partition coefficient (Wildman–Crippen LogP) is 0.458. The Morgan fingerprint density at radius 2 is 1.91 bits per heavy atom. The Bertz CT molecular complexity index is 283. The minimum absolute atomic E-state index is 0.819. The lowest BCUT2D eigenvalue weighted by Gasteiger charge is -2.02. The second-order valence-corrected chi connectivity index (χ2v) is 2.93. The molecule has 0 saturated carbocycles. The molecular weight excluding hydrogens is 138 g/mol. The van der Waals surface area contributed by atoms with Crippen molar-refractivity contribution in [3.8, 4) is 0 Å². The summed E-state index contributed by atoms with van der Waals surface area (Å²) < 4.78 is 0. The van der Waals surface area contributed by atoms with Crippen LogP contribution in [0, 0.1) is 0 Å². The van der Waals surface area contributed by atoms with Gasteiger partial charge in [-0.05, 0) is 23.3 Å². The standard InChI is InChI=1S/C8H11N3/c9-8-2-1-6-4-11(10)5-7(6)3-8/h1-3H,4-5,9-10H2. The number of rotatable bonds is 0. The van der Waals surface area contributed by atoms with E-state index in [0.717, 1.165) is 18.8 Å². The van der Waals surface area contributed by atoms with Crippen molar-refractivity contribution >= 4 is 5.69 Å². The number of nitrogen functional groups attached to an aromatic ring is 1. The van der Waals surface area contributed by atoms with Gasteiger partial charge in [0.1, 0.15) is 0 Å². The molecule has 1 aliphatic heterocycles. The smallest absolute Gasteiger partial charge is 0.0387 e. The Morgan fingerprint density at radius 3 is 2.73 bits per heavy atom. The van der Waals surface area contributed by atoms with E-state index in [1.165, 1.54) is 11.1 Å². The molecule has 11 heavy (non-hydrogen) atoms. The van der Waals surface area contributed by atoms with Crippen molar-refractivity contribution in [1.29, 1.82) is 0 Å². The molecule has 0 spiro atoms. The molecule has 0 atom stereocenters. The third kappa shape index (κ3) is 1.08. The van der Waals surface area contributed by atoms with Gasteiger partial charge in [-0.2, -0.15) is 0 Å². The van der Waals surface area contributed by atoms with Crippen molar-refractivity contribution in [3.05, 3.63) is 29.3 Å². The average Bonchev–Trinajstić information content (AvgIpc) is 2.27. The topological polar surface area (TPSA) is 55.3 Å². The Kier molecular flexibility index (Phi) is 1.34. The Hall–Kier alpha value is -1.06. The SMILES string of the molecule is Nc1ccc2c(c1)CN(N)C2. The highest BCUT2D eigenvalue weighted by Gasteiger charge is 2.14. The fourth-order valence-corrected chi connectivity index (χ4v) is 1.44. The minimum atomic E-state index is 0.819. The van der Waals surface area contributed by atoms with E-state index in [1.54, 1.807) is 5.01 Å². The Labute approximate surface area is 65.6 Å². The Balaban J connectivity index is 2.43. The summed E-state index contributed by atoms with van der Waals surface area (Å²) in [5.41, 5.74) is 8.99. The van der Waals surface area contributed by atoms with Gasteiger partial charge in [-0.3, -0.25) is 5.84 Å². The molecule has 1 heterocycles. The van der Waals surface area contributed by atoms with E-state index >= 15 is 0 Å². The molecule has 3 nitrogen and oxygen atoms in total. The van der Waals surface area contributed by atoms with Gasteiger partial charge in [0.2, 0.25) is 0 Å². The molecule has 58 valence electrons. The first kappa shape index (κ1) is 6.64. The van der Waals surface area contributed by atoms with E-state index in [4.69, 9.17) is 11.6 Å². The summed E-state index contributed by atoms with van der Waals surface area (Å²) in [5.74, 6) is 5.63. The van der Waals surface area contributed by atoms with E-state index in [9.17, 15) is 0 Å². The zero-order valence-electron chi connectivity index (χ0n) is 6.25. The van der Waals surface area contributed by atoms with Crippen LogP contribution >= 0.6 is 0 Å². The summed E-state index contributed by atoms with van der Waals surface area (Å²) in [6.07, 6.45) is 0. The van der Waals surface area contributed by atoms with Crippen LogP contribution in [0.2, 0.25) is 0 Å². The highest BCUT2D eigenvalue weighted by Crippen LogP contribution is 2.21. The summed E-state index contributed by atoms with van der Waals surface area (Å²) in [6.45, 7) is 1.66. The van der Waals surface area contributed by atoms with Crippen molar-refractivity contribution in [3.63, 3.8) is 0 Å². The fourth-order valence-electron chi connectivity index (χ4n) is 1.44. The van der Waals surface area contributed by atoms with Gasteiger partial charge < -0.3 is 5.73 Å². The van der Waals surface area contributed by atoms with Crippen molar-refractivity contribution < 1.29 is 0 Å². The van der Waals surface area contributed by atoms with Gasteiger partial charge in [-0.1, -0.05) is 6.07 Å². The number of hydrogen-bond donors (Lipinski definition) is 2. The monoisotopic (exact) mass is 149 g/mol. The maximum atomic E-state index is 5.63. The van der Waals surface area contributed by atoms with E-state index < -0.39 is 0 Å². The van der Waals surface area contributed by atoms with Gasteiger partial charge in [0.15, 0.2) is 0 Å². The third-order valence-corrected chi connectivity index (χ3v) is 1.98. The van der Waals surface area contributed by atoms with E-state index in [0.29, 0.717) is 0 Å². The van der Waals surface area contributed by atoms with Crippen molar-refractivity contribution in [1.82, 2.24) is 5.01 Å². The molecular formula is C8H11N3. The summed E-state index contributed by atoms with van der Waals surface area (Å²) in [6, 6.07) is 5.94. The average molecular weight is 149 g/mol. The first-order valence-corrected chi connectivity index (χ1v) is 3.62. The van der Waals surface area contributed by atoms with E-state index in [1.807, 2.05) is 18.2 Å². The number of anilines is 1. The summed E-state index contributed by atoms with van der Waals surface area (Å²) in [4.78, 5) is 0. The summed E-state index contributed by atoms with van der Waals surface area (Å²) in [5, 5.41) is 1.78. The zero-order valence-corrected chi connectivity index (χ0v) is 6.25. The molecule has 3 heteroatoms. The second-order valence-electron chi connectivity index (χ2n) is 2.93. The highest BCUT2D eigenvalue weighted by molar-refractivity contribution is 5.45. The number of hydrogen-bond acceptors (Lipinski definition) is 3. The first-order chi connectivity index (χ1) is 5.25. The lowest BCUT2D eigenvalue weighted by Crippen LogP contribution is -2.23. The molecule has 2 rings (SSSR count). The molecule has 0 aliphatic carbocycles. The largest absolute Gasteiger partial charge is 0.399 e. The lowest BCUT2D eigenvalue weighted by molar-refractivity contribution is 0.295. The van der Waals surface area contributed by atoms with Gasteiger partial charge in [0.25, 0.3) is 0 Å². The van der Waals surface area contributed by atoms with Gasteiger partial charge in [-0.15, -0.1) is 0 Å². The van der Waals surface area contributed by atoms with Gasteiger partial charge >= 0.3 is 0 Å². The maximum Gasteiger partial charge on any atom is 0.0387 e.